The molecule has 1 aromatic rings. The molecular weight excluding hydrogens is 258 g/mol. The zero-order valence-corrected chi connectivity index (χ0v) is 11.7. The molecule has 5 heteroatoms. The molecule has 1 aromatic carbocycles. The second-order valence-electron chi connectivity index (χ2n) is 4.94. The first-order valence-corrected chi connectivity index (χ1v) is 6.43. The summed E-state index contributed by atoms with van der Waals surface area (Å²) in [6.07, 6.45) is 0.0142. The number of amides is 1. The van der Waals surface area contributed by atoms with E-state index in [1.807, 2.05) is 13.8 Å². The van der Waals surface area contributed by atoms with Crippen LogP contribution in [-0.2, 0) is 9.59 Å². The van der Waals surface area contributed by atoms with E-state index < -0.39 is 5.97 Å². The van der Waals surface area contributed by atoms with Gasteiger partial charge in [0, 0.05) is 11.4 Å². The Morgan fingerprint density at radius 2 is 1.90 bits per heavy atom. The van der Waals surface area contributed by atoms with Gasteiger partial charge < -0.3 is 9.84 Å². The molecule has 106 valence electrons. The van der Waals surface area contributed by atoms with Crippen LogP contribution in [-0.4, -0.2) is 23.1 Å². The normalized spacial score (nSPS) is 15.2. The van der Waals surface area contributed by atoms with E-state index in [2.05, 4.69) is 0 Å². The van der Waals surface area contributed by atoms with E-state index in [-0.39, 0.29) is 24.0 Å². The molecule has 20 heavy (non-hydrogen) atoms. The lowest BCUT2D eigenvalue weighted by molar-refractivity contribution is -0.133. The number of allylic oxidation sites excluding steroid dienone is 1. The highest BCUT2D eigenvalue weighted by atomic mass is 16.5. The van der Waals surface area contributed by atoms with E-state index in [4.69, 9.17) is 9.84 Å². The number of benzene rings is 1. The molecule has 1 amide bonds. The number of anilines is 1. The Hall–Kier alpha value is -2.30. The van der Waals surface area contributed by atoms with Gasteiger partial charge in [-0.05, 0) is 45.0 Å². The number of carbonyl (C=O) groups excluding carboxylic acids is 1. The van der Waals surface area contributed by atoms with Crippen molar-refractivity contribution in [2.45, 2.75) is 33.3 Å². The van der Waals surface area contributed by atoms with Gasteiger partial charge in [0.05, 0.1) is 18.1 Å². The number of ether oxygens (including phenoxy) is 1. The zero-order valence-electron chi connectivity index (χ0n) is 11.7. The van der Waals surface area contributed by atoms with Crippen molar-refractivity contribution in [2.75, 3.05) is 4.90 Å². The Morgan fingerprint density at radius 3 is 2.35 bits per heavy atom. The third-order valence-corrected chi connectivity index (χ3v) is 3.07. The number of aliphatic carboxylic acids is 1. The minimum absolute atomic E-state index is 0.0641. The number of hydrogen-bond donors (Lipinski definition) is 1. The number of carbonyl (C=O) groups is 2. The summed E-state index contributed by atoms with van der Waals surface area (Å²) in [7, 11) is 0. The first kappa shape index (κ1) is 14.1. The summed E-state index contributed by atoms with van der Waals surface area (Å²) < 4.78 is 5.54. The summed E-state index contributed by atoms with van der Waals surface area (Å²) >= 11 is 0. The summed E-state index contributed by atoms with van der Waals surface area (Å²) in [5.74, 6) is -0.550. The van der Waals surface area contributed by atoms with Crippen LogP contribution in [0.15, 0.2) is 35.5 Å². The van der Waals surface area contributed by atoms with Gasteiger partial charge in [0.15, 0.2) is 0 Å². The van der Waals surface area contributed by atoms with Crippen LogP contribution < -0.4 is 9.64 Å². The van der Waals surface area contributed by atoms with Crippen LogP contribution in [0.5, 0.6) is 5.75 Å². The summed E-state index contributed by atoms with van der Waals surface area (Å²) in [5, 5.41) is 9.05. The predicted octanol–water partition coefficient (Wildman–Crippen LogP) is 2.57. The van der Waals surface area contributed by atoms with Crippen molar-refractivity contribution < 1.29 is 19.4 Å². The number of nitrogens with zero attached hydrogens (tertiary/aromatic N) is 1. The van der Waals surface area contributed by atoms with Crippen LogP contribution in [0.4, 0.5) is 5.69 Å². The van der Waals surface area contributed by atoms with Gasteiger partial charge >= 0.3 is 5.97 Å². The van der Waals surface area contributed by atoms with Crippen LogP contribution >= 0.6 is 0 Å². The molecule has 0 radical (unpaired) electrons. The molecule has 0 aliphatic carbocycles. The fraction of sp³-hybridized carbons (Fsp3) is 0.333. The minimum Gasteiger partial charge on any atom is -0.491 e. The average Bonchev–Trinajstić information content (AvgIpc) is 2.66. The highest BCUT2D eigenvalue weighted by molar-refractivity contribution is 6.08. The number of carboxylic acid groups (broad SMARTS) is 1. The van der Waals surface area contributed by atoms with E-state index in [9.17, 15) is 9.59 Å². The number of hydrogen-bond acceptors (Lipinski definition) is 3. The molecule has 0 spiro atoms. The van der Waals surface area contributed by atoms with E-state index in [0.717, 1.165) is 5.75 Å². The highest BCUT2D eigenvalue weighted by Gasteiger charge is 2.32. The van der Waals surface area contributed by atoms with E-state index in [1.54, 1.807) is 31.2 Å². The summed E-state index contributed by atoms with van der Waals surface area (Å²) in [5.41, 5.74) is 1.28. The maximum absolute atomic E-state index is 12.0. The van der Waals surface area contributed by atoms with Gasteiger partial charge in [-0.2, -0.15) is 0 Å². The second kappa shape index (κ2) is 5.36. The van der Waals surface area contributed by atoms with Gasteiger partial charge in [-0.15, -0.1) is 0 Å². The maximum atomic E-state index is 12.0. The van der Waals surface area contributed by atoms with Crippen molar-refractivity contribution in [3.63, 3.8) is 0 Å². The van der Waals surface area contributed by atoms with Crippen molar-refractivity contribution in [1.29, 1.82) is 0 Å². The molecule has 0 unspecified atom stereocenters. The van der Waals surface area contributed by atoms with Crippen LogP contribution in [0.25, 0.3) is 0 Å². The van der Waals surface area contributed by atoms with Gasteiger partial charge in [0.2, 0.25) is 5.91 Å². The standard InChI is InChI=1S/C15H17NO4/c1-9(2)20-12-6-4-11(5-7-12)16-10(3)13(15(18)19)8-14(16)17/h4-7,9H,8H2,1-3H3,(H,18,19). The lowest BCUT2D eigenvalue weighted by atomic mass is 10.2. The third kappa shape index (κ3) is 2.66. The molecule has 1 N–H and O–H groups in total. The Labute approximate surface area is 117 Å². The zero-order chi connectivity index (χ0) is 14.9. The van der Waals surface area contributed by atoms with Gasteiger partial charge in [-0.3, -0.25) is 9.69 Å². The second-order valence-corrected chi connectivity index (χ2v) is 4.94. The van der Waals surface area contributed by atoms with E-state index in [1.165, 1.54) is 4.90 Å². The van der Waals surface area contributed by atoms with Crippen molar-refractivity contribution in [1.82, 2.24) is 0 Å². The summed E-state index contributed by atoms with van der Waals surface area (Å²) in [6, 6.07) is 7.05. The van der Waals surface area contributed by atoms with Crippen LogP contribution in [0, 0.1) is 0 Å². The fourth-order valence-electron chi connectivity index (χ4n) is 2.19. The molecule has 0 saturated heterocycles. The Kier molecular flexibility index (Phi) is 3.79. The topological polar surface area (TPSA) is 66.8 Å². The Balaban J connectivity index is 2.27. The molecule has 5 nitrogen and oxygen atoms in total. The van der Waals surface area contributed by atoms with Gasteiger partial charge in [-0.25, -0.2) is 4.79 Å². The predicted molar refractivity (Wildman–Crippen MR) is 74.6 cm³/mol. The molecule has 1 aliphatic heterocycles. The smallest absolute Gasteiger partial charge is 0.333 e. The molecule has 0 fully saturated rings. The lowest BCUT2D eigenvalue weighted by Gasteiger charge is -2.19. The first-order valence-electron chi connectivity index (χ1n) is 6.43. The molecule has 1 heterocycles. The van der Waals surface area contributed by atoms with E-state index in [0.29, 0.717) is 11.4 Å². The molecule has 1 aliphatic rings. The van der Waals surface area contributed by atoms with Gasteiger partial charge in [0.25, 0.3) is 0 Å². The molecule has 0 aromatic heterocycles. The summed E-state index contributed by atoms with van der Waals surface area (Å²) in [6.45, 7) is 5.51. The monoisotopic (exact) mass is 275 g/mol. The molecule has 0 bridgehead atoms. The van der Waals surface area contributed by atoms with Crippen molar-refractivity contribution in [2.24, 2.45) is 0 Å². The van der Waals surface area contributed by atoms with E-state index >= 15 is 0 Å². The van der Waals surface area contributed by atoms with Crippen molar-refractivity contribution >= 4 is 17.6 Å². The average molecular weight is 275 g/mol. The molecule has 0 saturated carbocycles. The van der Waals surface area contributed by atoms with Crippen molar-refractivity contribution in [3.8, 4) is 5.75 Å². The minimum atomic E-state index is -1.04. The molecular formula is C15H17NO4. The summed E-state index contributed by atoms with van der Waals surface area (Å²) in [4.78, 5) is 24.4. The Bertz CT molecular complexity index is 572. The van der Waals surface area contributed by atoms with Crippen LogP contribution in [0.2, 0.25) is 0 Å². The SMILES string of the molecule is CC1=C(C(=O)O)CC(=O)N1c1ccc(OC(C)C)cc1. The fourth-order valence-corrected chi connectivity index (χ4v) is 2.19. The number of rotatable bonds is 4. The largest absolute Gasteiger partial charge is 0.491 e. The quantitative estimate of drug-likeness (QED) is 0.917. The van der Waals surface area contributed by atoms with Crippen LogP contribution in [0.1, 0.15) is 27.2 Å². The maximum Gasteiger partial charge on any atom is 0.333 e. The van der Waals surface area contributed by atoms with Crippen LogP contribution in [0.3, 0.4) is 0 Å². The van der Waals surface area contributed by atoms with Crippen molar-refractivity contribution in [3.05, 3.63) is 35.5 Å². The van der Waals surface area contributed by atoms with Gasteiger partial charge in [-0.1, -0.05) is 0 Å². The third-order valence-electron chi connectivity index (χ3n) is 3.07. The lowest BCUT2D eigenvalue weighted by Crippen LogP contribution is -2.23. The highest BCUT2D eigenvalue weighted by Crippen LogP contribution is 2.31. The molecule has 0 atom stereocenters. The number of carboxylic acids is 1. The Morgan fingerprint density at radius 1 is 1.30 bits per heavy atom. The first-order chi connectivity index (χ1) is 9.40. The van der Waals surface area contributed by atoms with Gasteiger partial charge in [0.1, 0.15) is 5.75 Å². The molecule has 2 rings (SSSR count).